The fraction of sp³-hybridized carbons (Fsp3) is 0.111. The minimum absolute atomic E-state index is 0. The summed E-state index contributed by atoms with van der Waals surface area (Å²) in [6, 6.07) is 11.1. The number of benzene rings is 2. The summed E-state index contributed by atoms with van der Waals surface area (Å²) in [4.78, 5) is 5.03. The third kappa shape index (κ3) is 9.61. The van der Waals surface area contributed by atoms with Crippen LogP contribution in [0.15, 0.2) is 47.5 Å². The minimum atomic E-state index is -0.277. The van der Waals surface area contributed by atoms with Crippen LogP contribution in [0.4, 0.5) is 0 Å². The highest BCUT2D eigenvalue weighted by atomic mass is 35.5. The van der Waals surface area contributed by atoms with Crippen LogP contribution in [-0.4, -0.2) is 46.2 Å². The SMILES string of the molecule is CN(C)C(N)=NC(=N)N.Cl.Oc1ccc(/C=C/c2cc(O)cc(O)c2)cc1. The number of rotatable bonds is 2. The summed E-state index contributed by atoms with van der Waals surface area (Å²) < 4.78 is 0. The highest BCUT2D eigenvalue weighted by Gasteiger charge is 1.96. The molecular weight excluding hydrogens is 370 g/mol. The number of halogens is 1. The first kappa shape index (κ1) is 23.6. The Kier molecular flexibility index (Phi) is 9.85. The molecular formula is C18H24ClN5O3. The molecule has 2 rings (SSSR count). The quantitative estimate of drug-likeness (QED) is 0.261. The van der Waals surface area contributed by atoms with Gasteiger partial charge >= 0.3 is 0 Å². The second-order valence-corrected chi connectivity index (χ2v) is 5.46. The third-order valence-electron chi connectivity index (χ3n) is 2.98. The van der Waals surface area contributed by atoms with Gasteiger partial charge in [-0.25, -0.2) is 0 Å². The van der Waals surface area contributed by atoms with Crippen molar-refractivity contribution >= 4 is 36.5 Å². The molecule has 0 amide bonds. The monoisotopic (exact) mass is 393 g/mol. The number of phenolic OH excluding ortho intramolecular Hbond substituents is 3. The first-order valence-electron chi connectivity index (χ1n) is 7.53. The maximum absolute atomic E-state index is 9.30. The van der Waals surface area contributed by atoms with Crippen molar-refractivity contribution in [2.24, 2.45) is 16.5 Å². The van der Waals surface area contributed by atoms with Crippen LogP contribution < -0.4 is 11.5 Å². The van der Waals surface area contributed by atoms with Crippen LogP contribution in [0.3, 0.4) is 0 Å². The van der Waals surface area contributed by atoms with Crippen molar-refractivity contribution in [2.45, 2.75) is 0 Å². The number of aliphatic imine (C=N–C) groups is 1. The van der Waals surface area contributed by atoms with Crippen LogP contribution in [0.25, 0.3) is 12.2 Å². The van der Waals surface area contributed by atoms with Gasteiger partial charge in [0.2, 0.25) is 5.96 Å². The Labute approximate surface area is 164 Å². The van der Waals surface area contributed by atoms with E-state index in [1.165, 1.54) is 6.07 Å². The maximum Gasteiger partial charge on any atom is 0.215 e. The molecule has 0 spiro atoms. The summed E-state index contributed by atoms with van der Waals surface area (Å²) in [6.07, 6.45) is 3.60. The molecule has 0 unspecified atom stereocenters. The Morgan fingerprint density at radius 2 is 1.37 bits per heavy atom. The summed E-state index contributed by atoms with van der Waals surface area (Å²) in [5.41, 5.74) is 11.8. The van der Waals surface area contributed by atoms with Crippen LogP contribution in [0, 0.1) is 5.41 Å². The number of hydrogen-bond donors (Lipinski definition) is 6. The van der Waals surface area contributed by atoms with E-state index in [9.17, 15) is 10.2 Å². The summed E-state index contributed by atoms with van der Waals surface area (Å²) in [7, 11) is 3.45. The zero-order valence-electron chi connectivity index (χ0n) is 15.0. The average Bonchev–Trinajstić information content (AvgIpc) is 2.53. The Morgan fingerprint density at radius 1 is 0.889 bits per heavy atom. The molecule has 9 heteroatoms. The van der Waals surface area contributed by atoms with E-state index in [2.05, 4.69) is 4.99 Å². The van der Waals surface area contributed by atoms with Gasteiger partial charge in [-0.2, -0.15) is 4.99 Å². The molecule has 8 nitrogen and oxygen atoms in total. The molecule has 0 bridgehead atoms. The van der Waals surface area contributed by atoms with Gasteiger partial charge in [-0.15, -0.1) is 12.4 Å². The first-order chi connectivity index (χ1) is 12.2. The zero-order chi connectivity index (χ0) is 19.7. The molecule has 2 aromatic carbocycles. The average molecular weight is 394 g/mol. The van der Waals surface area contributed by atoms with E-state index in [0.717, 1.165) is 5.56 Å². The van der Waals surface area contributed by atoms with Crippen LogP contribution in [0.5, 0.6) is 17.2 Å². The summed E-state index contributed by atoms with van der Waals surface area (Å²) in [5, 5.41) is 34.4. The Morgan fingerprint density at radius 3 is 1.78 bits per heavy atom. The van der Waals surface area contributed by atoms with E-state index >= 15 is 0 Å². The van der Waals surface area contributed by atoms with Gasteiger partial charge in [-0.1, -0.05) is 24.3 Å². The molecule has 2 aromatic rings. The predicted octanol–water partition coefficient (Wildman–Crippen LogP) is 2.15. The number of guanidine groups is 2. The fourth-order valence-electron chi connectivity index (χ4n) is 1.72. The fourth-order valence-corrected chi connectivity index (χ4v) is 1.72. The molecule has 0 aromatic heterocycles. The summed E-state index contributed by atoms with van der Waals surface area (Å²) >= 11 is 0. The number of nitrogens with two attached hydrogens (primary N) is 2. The van der Waals surface area contributed by atoms with Crippen LogP contribution in [0.1, 0.15) is 11.1 Å². The van der Waals surface area contributed by atoms with Gasteiger partial charge in [0.05, 0.1) is 0 Å². The topological polar surface area (TPSA) is 152 Å². The Bertz CT molecular complexity index is 785. The van der Waals surface area contributed by atoms with Crippen molar-refractivity contribution in [3.63, 3.8) is 0 Å². The van der Waals surface area contributed by atoms with Crippen molar-refractivity contribution in [1.29, 1.82) is 5.41 Å². The second kappa shape index (κ2) is 11.3. The van der Waals surface area contributed by atoms with Gasteiger partial charge in [-0.3, -0.25) is 5.41 Å². The molecule has 146 valence electrons. The number of nitrogens with zero attached hydrogens (tertiary/aromatic N) is 2. The Balaban J connectivity index is 0.000000584. The van der Waals surface area contributed by atoms with Crippen molar-refractivity contribution in [3.8, 4) is 17.2 Å². The molecule has 0 aliphatic heterocycles. The summed E-state index contributed by atoms with van der Waals surface area (Å²) in [6.45, 7) is 0. The van der Waals surface area contributed by atoms with E-state index in [1.54, 1.807) is 61.5 Å². The highest BCUT2D eigenvalue weighted by Crippen LogP contribution is 2.22. The first-order valence-corrected chi connectivity index (χ1v) is 7.53. The van der Waals surface area contributed by atoms with Crippen LogP contribution >= 0.6 is 12.4 Å². The van der Waals surface area contributed by atoms with Gasteiger partial charge in [-0.05, 0) is 35.4 Å². The van der Waals surface area contributed by atoms with Crippen molar-refractivity contribution in [3.05, 3.63) is 53.6 Å². The predicted molar refractivity (Wildman–Crippen MR) is 111 cm³/mol. The minimum Gasteiger partial charge on any atom is -0.508 e. The number of aromatic hydroxyl groups is 3. The van der Waals surface area contributed by atoms with Gasteiger partial charge in [0, 0.05) is 20.2 Å². The molecule has 0 atom stereocenters. The normalized spacial score (nSPS) is 10.5. The highest BCUT2D eigenvalue weighted by molar-refractivity contribution is 5.91. The van der Waals surface area contributed by atoms with Gasteiger partial charge in [0.1, 0.15) is 17.2 Å². The van der Waals surface area contributed by atoms with Gasteiger partial charge in [0.25, 0.3) is 0 Å². The second-order valence-electron chi connectivity index (χ2n) is 5.46. The molecule has 27 heavy (non-hydrogen) atoms. The number of hydrogen-bond acceptors (Lipinski definition) is 4. The lowest BCUT2D eigenvalue weighted by molar-refractivity contribution is 0.450. The van der Waals surface area contributed by atoms with E-state index in [1.807, 2.05) is 6.08 Å². The van der Waals surface area contributed by atoms with Gasteiger partial charge in [0.15, 0.2) is 5.96 Å². The van der Waals surface area contributed by atoms with E-state index < -0.39 is 0 Å². The molecule has 0 aliphatic rings. The standard InChI is InChI=1S/C14H12O3.C4H11N5.ClH/c15-12-5-3-10(4-6-12)1-2-11-7-13(16)9-14(17)8-11;1-9(2)4(7)8-3(5)6;/h1-9,15-17H;1-2H3,(H5,5,6,7,8);1H/b2-1+;;. The van der Waals surface area contributed by atoms with Crippen LogP contribution in [0.2, 0.25) is 0 Å². The van der Waals surface area contributed by atoms with E-state index in [4.69, 9.17) is 22.0 Å². The number of phenols is 3. The third-order valence-corrected chi connectivity index (χ3v) is 2.98. The summed E-state index contributed by atoms with van der Waals surface area (Å²) in [5.74, 6) is 0.228. The molecule has 0 fully saturated rings. The lowest BCUT2D eigenvalue weighted by Gasteiger charge is -2.08. The molecule has 0 heterocycles. The smallest absolute Gasteiger partial charge is 0.215 e. The Hall–Kier alpha value is -3.39. The van der Waals surface area contributed by atoms with Crippen molar-refractivity contribution < 1.29 is 15.3 Å². The zero-order valence-corrected chi connectivity index (χ0v) is 15.8. The molecule has 0 aliphatic carbocycles. The number of nitrogens with one attached hydrogen (secondary N) is 1. The molecule has 0 saturated heterocycles. The largest absolute Gasteiger partial charge is 0.508 e. The molecule has 0 radical (unpaired) electrons. The molecule has 0 saturated carbocycles. The lowest BCUT2D eigenvalue weighted by Crippen LogP contribution is -2.32. The van der Waals surface area contributed by atoms with Crippen LogP contribution in [-0.2, 0) is 0 Å². The van der Waals surface area contributed by atoms with Crippen molar-refractivity contribution in [1.82, 2.24) is 4.90 Å². The van der Waals surface area contributed by atoms with E-state index in [0.29, 0.717) is 5.56 Å². The lowest BCUT2D eigenvalue weighted by atomic mass is 10.1. The van der Waals surface area contributed by atoms with Crippen molar-refractivity contribution in [2.75, 3.05) is 14.1 Å². The van der Waals surface area contributed by atoms with Gasteiger partial charge < -0.3 is 31.7 Å². The molecule has 8 N–H and O–H groups in total. The maximum atomic E-state index is 9.30. The van der Waals surface area contributed by atoms with E-state index in [-0.39, 0.29) is 41.6 Å².